The molecular formula is C15H14O3. The highest BCUT2D eigenvalue weighted by atomic mass is 16.3. The van der Waals surface area contributed by atoms with Crippen LogP contribution in [0.25, 0.3) is 0 Å². The monoisotopic (exact) mass is 242 g/mol. The zero-order chi connectivity index (χ0) is 13.1. The standard InChI is InChI=1S/C15H14O3/c1-10(16)13-8-12(14(17)9-15(13)18)7-11-5-3-2-4-6-11/h2-6,8-9,17-18H,7H2,1H3. The molecule has 2 N–H and O–H groups in total. The van der Waals surface area contributed by atoms with E-state index < -0.39 is 0 Å². The molecule has 0 fully saturated rings. The normalized spacial score (nSPS) is 10.3. The molecule has 18 heavy (non-hydrogen) atoms. The van der Waals surface area contributed by atoms with Crippen molar-refractivity contribution < 1.29 is 15.0 Å². The van der Waals surface area contributed by atoms with Gasteiger partial charge in [0.1, 0.15) is 11.5 Å². The first kappa shape index (κ1) is 12.2. The zero-order valence-corrected chi connectivity index (χ0v) is 10.1. The van der Waals surface area contributed by atoms with Crippen LogP contribution < -0.4 is 0 Å². The van der Waals surface area contributed by atoms with E-state index in [0.29, 0.717) is 12.0 Å². The van der Waals surface area contributed by atoms with Gasteiger partial charge in [-0.25, -0.2) is 0 Å². The number of ketones is 1. The van der Waals surface area contributed by atoms with Gasteiger partial charge in [-0.1, -0.05) is 30.3 Å². The number of rotatable bonds is 3. The molecule has 92 valence electrons. The van der Waals surface area contributed by atoms with Crippen molar-refractivity contribution in [2.45, 2.75) is 13.3 Å². The van der Waals surface area contributed by atoms with Crippen LogP contribution in [0.3, 0.4) is 0 Å². The van der Waals surface area contributed by atoms with E-state index in [9.17, 15) is 15.0 Å². The lowest BCUT2D eigenvalue weighted by Crippen LogP contribution is -1.96. The van der Waals surface area contributed by atoms with Crippen molar-refractivity contribution in [3.8, 4) is 11.5 Å². The highest BCUT2D eigenvalue weighted by Gasteiger charge is 2.12. The minimum absolute atomic E-state index is 0.00125. The summed E-state index contributed by atoms with van der Waals surface area (Å²) >= 11 is 0. The van der Waals surface area contributed by atoms with Gasteiger partial charge < -0.3 is 10.2 Å². The maximum atomic E-state index is 11.3. The summed E-state index contributed by atoms with van der Waals surface area (Å²) in [5, 5.41) is 19.4. The van der Waals surface area contributed by atoms with Gasteiger partial charge in [0, 0.05) is 12.5 Å². The second-order valence-electron chi connectivity index (χ2n) is 4.22. The first-order chi connectivity index (χ1) is 8.58. The molecule has 0 radical (unpaired) electrons. The number of phenols is 2. The van der Waals surface area contributed by atoms with Crippen LogP contribution in [0, 0.1) is 0 Å². The molecule has 0 aliphatic heterocycles. The Labute approximate surface area is 105 Å². The van der Waals surface area contributed by atoms with Crippen molar-refractivity contribution in [1.82, 2.24) is 0 Å². The van der Waals surface area contributed by atoms with Gasteiger partial charge in [0.25, 0.3) is 0 Å². The molecule has 0 aliphatic carbocycles. The van der Waals surface area contributed by atoms with E-state index in [1.807, 2.05) is 30.3 Å². The number of phenolic OH excluding ortho intramolecular Hbond substituents is 2. The van der Waals surface area contributed by atoms with E-state index in [2.05, 4.69) is 0 Å². The summed E-state index contributed by atoms with van der Waals surface area (Å²) in [6, 6.07) is 12.4. The number of aromatic hydroxyl groups is 2. The molecule has 0 amide bonds. The largest absolute Gasteiger partial charge is 0.508 e. The maximum absolute atomic E-state index is 11.3. The Kier molecular flexibility index (Phi) is 3.33. The molecule has 0 saturated carbocycles. The Morgan fingerprint density at radius 2 is 1.72 bits per heavy atom. The van der Waals surface area contributed by atoms with E-state index >= 15 is 0 Å². The average Bonchev–Trinajstić information content (AvgIpc) is 2.33. The molecule has 0 heterocycles. The molecule has 0 aliphatic rings. The lowest BCUT2D eigenvalue weighted by atomic mass is 10.00. The number of Topliss-reactive ketones (excluding diaryl/α,β-unsaturated/α-hetero) is 1. The van der Waals surface area contributed by atoms with E-state index in [-0.39, 0.29) is 22.8 Å². The summed E-state index contributed by atoms with van der Waals surface area (Å²) in [7, 11) is 0. The van der Waals surface area contributed by atoms with Crippen LogP contribution in [-0.4, -0.2) is 16.0 Å². The van der Waals surface area contributed by atoms with Crippen LogP contribution in [-0.2, 0) is 6.42 Å². The topological polar surface area (TPSA) is 57.5 Å². The Balaban J connectivity index is 2.39. The Bertz CT molecular complexity index is 574. The van der Waals surface area contributed by atoms with Crippen LogP contribution in [0.2, 0.25) is 0 Å². The van der Waals surface area contributed by atoms with Gasteiger partial charge in [-0.3, -0.25) is 4.79 Å². The van der Waals surface area contributed by atoms with Gasteiger partial charge in [0.2, 0.25) is 0 Å². The van der Waals surface area contributed by atoms with Crippen molar-refractivity contribution in [1.29, 1.82) is 0 Å². The Morgan fingerprint density at radius 1 is 1.06 bits per heavy atom. The molecule has 3 heteroatoms. The second kappa shape index (κ2) is 4.92. The number of carbonyl (C=O) groups excluding carboxylic acids is 1. The molecule has 0 spiro atoms. The molecule has 2 rings (SSSR count). The first-order valence-electron chi connectivity index (χ1n) is 5.67. The molecule has 0 bridgehead atoms. The van der Waals surface area contributed by atoms with Gasteiger partial charge in [-0.15, -0.1) is 0 Å². The fraction of sp³-hybridized carbons (Fsp3) is 0.133. The third-order valence-electron chi connectivity index (χ3n) is 2.81. The quantitative estimate of drug-likeness (QED) is 0.814. The number of benzene rings is 2. The predicted molar refractivity (Wildman–Crippen MR) is 69.0 cm³/mol. The van der Waals surface area contributed by atoms with Crippen molar-refractivity contribution in [2.75, 3.05) is 0 Å². The van der Waals surface area contributed by atoms with E-state index in [1.165, 1.54) is 13.0 Å². The number of hydrogen-bond donors (Lipinski definition) is 2. The summed E-state index contributed by atoms with van der Waals surface area (Å²) in [4.78, 5) is 11.3. The lowest BCUT2D eigenvalue weighted by Gasteiger charge is -2.08. The Morgan fingerprint density at radius 3 is 2.33 bits per heavy atom. The van der Waals surface area contributed by atoms with Crippen molar-refractivity contribution in [3.63, 3.8) is 0 Å². The molecule has 3 nitrogen and oxygen atoms in total. The number of hydrogen-bond acceptors (Lipinski definition) is 3. The van der Waals surface area contributed by atoms with Crippen LogP contribution in [0.15, 0.2) is 42.5 Å². The van der Waals surface area contributed by atoms with E-state index in [4.69, 9.17) is 0 Å². The number of carbonyl (C=O) groups is 1. The fourth-order valence-corrected chi connectivity index (χ4v) is 1.86. The first-order valence-corrected chi connectivity index (χ1v) is 5.67. The van der Waals surface area contributed by atoms with Gasteiger partial charge in [-0.05, 0) is 24.1 Å². The third kappa shape index (κ3) is 2.51. The van der Waals surface area contributed by atoms with Gasteiger partial charge in [0.05, 0.1) is 5.56 Å². The van der Waals surface area contributed by atoms with Crippen LogP contribution in [0.5, 0.6) is 11.5 Å². The Hall–Kier alpha value is -2.29. The minimum atomic E-state index is -0.221. The SMILES string of the molecule is CC(=O)c1cc(Cc2ccccc2)c(O)cc1O. The molecule has 0 unspecified atom stereocenters. The predicted octanol–water partition coefficient (Wildman–Crippen LogP) is 2.89. The zero-order valence-electron chi connectivity index (χ0n) is 10.1. The summed E-state index contributed by atoms with van der Waals surface area (Å²) < 4.78 is 0. The lowest BCUT2D eigenvalue weighted by molar-refractivity contribution is 0.101. The van der Waals surface area contributed by atoms with Gasteiger partial charge in [-0.2, -0.15) is 0 Å². The minimum Gasteiger partial charge on any atom is -0.508 e. The molecule has 2 aromatic rings. The van der Waals surface area contributed by atoms with E-state index in [0.717, 1.165) is 5.56 Å². The molecule has 0 saturated heterocycles. The highest BCUT2D eigenvalue weighted by Crippen LogP contribution is 2.29. The van der Waals surface area contributed by atoms with Crippen LogP contribution in [0.1, 0.15) is 28.4 Å². The second-order valence-corrected chi connectivity index (χ2v) is 4.22. The molecule has 2 aromatic carbocycles. The summed E-state index contributed by atoms with van der Waals surface area (Å²) in [5.41, 5.74) is 1.90. The smallest absolute Gasteiger partial charge is 0.163 e. The summed E-state index contributed by atoms with van der Waals surface area (Å²) in [6.07, 6.45) is 0.521. The van der Waals surface area contributed by atoms with Gasteiger partial charge in [0.15, 0.2) is 5.78 Å². The van der Waals surface area contributed by atoms with Crippen molar-refractivity contribution in [2.24, 2.45) is 0 Å². The van der Waals surface area contributed by atoms with Crippen LogP contribution in [0.4, 0.5) is 0 Å². The molecule has 0 atom stereocenters. The highest BCUT2D eigenvalue weighted by molar-refractivity contribution is 5.97. The van der Waals surface area contributed by atoms with Crippen molar-refractivity contribution >= 4 is 5.78 Å². The maximum Gasteiger partial charge on any atom is 0.163 e. The molecular weight excluding hydrogens is 228 g/mol. The average molecular weight is 242 g/mol. The third-order valence-corrected chi connectivity index (χ3v) is 2.81. The van der Waals surface area contributed by atoms with Gasteiger partial charge >= 0.3 is 0 Å². The van der Waals surface area contributed by atoms with Crippen LogP contribution >= 0.6 is 0 Å². The summed E-state index contributed by atoms with van der Waals surface area (Å²) in [6.45, 7) is 1.39. The summed E-state index contributed by atoms with van der Waals surface area (Å²) in [5.74, 6) is -0.403. The fourth-order valence-electron chi connectivity index (χ4n) is 1.86. The van der Waals surface area contributed by atoms with Crippen molar-refractivity contribution in [3.05, 3.63) is 59.2 Å². The van der Waals surface area contributed by atoms with E-state index in [1.54, 1.807) is 6.07 Å². The molecule has 0 aromatic heterocycles.